The average Bonchev–Trinajstić information content (AvgIpc) is 2.30. The zero-order valence-corrected chi connectivity index (χ0v) is 11.9. The fourth-order valence-corrected chi connectivity index (χ4v) is 2.26. The highest BCUT2D eigenvalue weighted by Gasteiger charge is 2.09. The van der Waals surface area contributed by atoms with Crippen molar-refractivity contribution >= 4 is 23.4 Å². The van der Waals surface area contributed by atoms with Gasteiger partial charge in [0, 0.05) is 10.6 Å². The molecule has 0 amide bonds. The number of hydrogen-bond acceptors (Lipinski definition) is 3. The average molecular weight is 275 g/mol. The smallest absolute Gasteiger partial charge is 0.125 e. The summed E-state index contributed by atoms with van der Waals surface area (Å²) in [5.74, 6) is 2.97. The predicted octanol–water partition coefficient (Wildman–Crippen LogP) is 3.92. The van der Waals surface area contributed by atoms with Crippen LogP contribution in [-0.2, 0) is 0 Å². The summed E-state index contributed by atoms with van der Waals surface area (Å²) < 4.78 is 5.67. The molecule has 4 heteroatoms. The van der Waals surface area contributed by atoms with E-state index in [4.69, 9.17) is 16.3 Å². The number of aliphatic hydroxyl groups is 1. The standard InChI is InChI=1S/C13H19ClO2S/c1-3-17-8-4-7-16-13-6-5-11(14)9-12(13)10(2)15/h5-6,9-10,15H,3-4,7-8H2,1-2H3/t10-/m1/s1. The zero-order chi connectivity index (χ0) is 12.7. The quantitative estimate of drug-likeness (QED) is 0.765. The molecule has 1 aromatic rings. The molecule has 17 heavy (non-hydrogen) atoms. The lowest BCUT2D eigenvalue weighted by atomic mass is 10.1. The summed E-state index contributed by atoms with van der Waals surface area (Å²) in [5.41, 5.74) is 0.751. The summed E-state index contributed by atoms with van der Waals surface area (Å²) in [5, 5.41) is 10.2. The van der Waals surface area contributed by atoms with Crippen molar-refractivity contribution in [2.24, 2.45) is 0 Å². The number of benzene rings is 1. The van der Waals surface area contributed by atoms with E-state index < -0.39 is 6.10 Å². The van der Waals surface area contributed by atoms with Gasteiger partial charge >= 0.3 is 0 Å². The molecule has 0 aromatic heterocycles. The second-order valence-electron chi connectivity index (χ2n) is 3.76. The molecule has 1 rings (SSSR count). The lowest BCUT2D eigenvalue weighted by Crippen LogP contribution is -2.03. The summed E-state index contributed by atoms with van der Waals surface area (Å²) >= 11 is 7.80. The fraction of sp³-hybridized carbons (Fsp3) is 0.538. The highest BCUT2D eigenvalue weighted by atomic mass is 35.5. The minimum atomic E-state index is -0.561. The number of hydrogen-bond donors (Lipinski definition) is 1. The molecular weight excluding hydrogens is 256 g/mol. The molecule has 1 aromatic carbocycles. The Morgan fingerprint density at radius 1 is 1.47 bits per heavy atom. The van der Waals surface area contributed by atoms with Gasteiger partial charge in [0.2, 0.25) is 0 Å². The number of halogens is 1. The number of aliphatic hydroxyl groups excluding tert-OH is 1. The lowest BCUT2D eigenvalue weighted by molar-refractivity contribution is 0.191. The third-order valence-electron chi connectivity index (χ3n) is 2.32. The fourth-order valence-electron chi connectivity index (χ4n) is 1.46. The largest absolute Gasteiger partial charge is 0.493 e. The van der Waals surface area contributed by atoms with Crippen LogP contribution in [0, 0.1) is 0 Å². The molecule has 1 atom stereocenters. The van der Waals surface area contributed by atoms with E-state index in [9.17, 15) is 5.11 Å². The molecule has 1 N–H and O–H groups in total. The van der Waals surface area contributed by atoms with Crippen LogP contribution in [0.2, 0.25) is 5.02 Å². The van der Waals surface area contributed by atoms with E-state index in [1.54, 1.807) is 19.1 Å². The second-order valence-corrected chi connectivity index (χ2v) is 5.59. The Hall–Kier alpha value is -0.380. The van der Waals surface area contributed by atoms with Gasteiger partial charge in [-0.25, -0.2) is 0 Å². The Morgan fingerprint density at radius 3 is 2.88 bits per heavy atom. The van der Waals surface area contributed by atoms with Gasteiger partial charge in [0.05, 0.1) is 12.7 Å². The van der Waals surface area contributed by atoms with Gasteiger partial charge in [-0.15, -0.1) is 0 Å². The molecular formula is C13H19ClO2S. The maximum absolute atomic E-state index is 9.63. The Bertz CT molecular complexity index is 342. The second kappa shape index (κ2) is 7.85. The maximum Gasteiger partial charge on any atom is 0.125 e. The van der Waals surface area contributed by atoms with Gasteiger partial charge in [0.15, 0.2) is 0 Å². The minimum Gasteiger partial charge on any atom is -0.493 e. The Balaban J connectivity index is 2.52. The molecule has 2 nitrogen and oxygen atoms in total. The van der Waals surface area contributed by atoms with E-state index in [2.05, 4.69) is 6.92 Å². The van der Waals surface area contributed by atoms with Crippen LogP contribution in [-0.4, -0.2) is 23.2 Å². The summed E-state index contributed by atoms with van der Waals surface area (Å²) in [6, 6.07) is 5.35. The predicted molar refractivity (Wildman–Crippen MR) is 75.2 cm³/mol. The van der Waals surface area contributed by atoms with E-state index in [0.29, 0.717) is 11.6 Å². The van der Waals surface area contributed by atoms with Gasteiger partial charge in [-0.2, -0.15) is 11.8 Å². The van der Waals surface area contributed by atoms with Crippen LogP contribution in [0.4, 0.5) is 0 Å². The first-order valence-corrected chi connectivity index (χ1v) is 7.36. The summed E-state index contributed by atoms with van der Waals surface area (Å²) in [7, 11) is 0. The minimum absolute atomic E-state index is 0.561. The number of rotatable bonds is 7. The van der Waals surface area contributed by atoms with E-state index >= 15 is 0 Å². The van der Waals surface area contributed by atoms with Crippen molar-refractivity contribution in [3.63, 3.8) is 0 Å². The lowest BCUT2D eigenvalue weighted by Gasteiger charge is -2.13. The van der Waals surface area contributed by atoms with Crippen molar-refractivity contribution < 1.29 is 9.84 Å². The van der Waals surface area contributed by atoms with Gasteiger partial charge in [-0.05, 0) is 43.0 Å². The van der Waals surface area contributed by atoms with Gasteiger partial charge < -0.3 is 9.84 Å². The maximum atomic E-state index is 9.63. The molecule has 0 spiro atoms. The summed E-state index contributed by atoms with van der Waals surface area (Å²) in [4.78, 5) is 0. The van der Waals surface area contributed by atoms with E-state index in [1.165, 1.54) is 0 Å². The molecule has 0 aliphatic rings. The monoisotopic (exact) mass is 274 g/mol. The molecule has 0 fully saturated rings. The third kappa shape index (κ3) is 5.19. The van der Waals surface area contributed by atoms with Crippen molar-refractivity contribution in [3.8, 4) is 5.75 Å². The summed E-state index contributed by atoms with van der Waals surface area (Å²) in [6.07, 6.45) is 0.453. The van der Waals surface area contributed by atoms with Gasteiger partial charge in [-0.1, -0.05) is 18.5 Å². The van der Waals surface area contributed by atoms with E-state index in [0.717, 1.165) is 29.2 Å². The Kier molecular flexibility index (Phi) is 6.78. The third-order valence-corrected chi connectivity index (χ3v) is 3.54. The highest BCUT2D eigenvalue weighted by Crippen LogP contribution is 2.28. The molecule has 0 unspecified atom stereocenters. The van der Waals surface area contributed by atoms with Crippen molar-refractivity contribution in [1.29, 1.82) is 0 Å². The molecule has 0 aliphatic carbocycles. The van der Waals surface area contributed by atoms with Crippen molar-refractivity contribution in [1.82, 2.24) is 0 Å². The van der Waals surface area contributed by atoms with Crippen LogP contribution in [0.1, 0.15) is 31.9 Å². The highest BCUT2D eigenvalue weighted by molar-refractivity contribution is 7.99. The molecule has 0 radical (unpaired) electrons. The van der Waals surface area contributed by atoms with E-state index in [1.807, 2.05) is 17.8 Å². The number of ether oxygens (including phenoxy) is 1. The molecule has 0 saturated heterocycles. The van der Waals surface area contributed by atoms with E-state index in [-0.39, 0.29) is 0 Å². The van der Waals surface area contributed by atoms with Crippen molar-refractivity contribution in [2.45, 2.75) is 26.4 Å². The molecule has 0 bridgehead atoms. The van der Waals surface area contributed by atoms with Crippen molar-refractivity contribution in [3.05, 3.63) is 28.8 Å². The zero-order valence-electron chi connectivity index (χ0n) is 10.3. The van der Waals surface area contributed by atoms with Crippen LogP contribution in [0.5, 0.6) is 5.75 Å². The first kappa shape index (κ1) is 14.7. The topological polar surface area (TPSA) is 29.5 Å². The van der Waals surface area contributed by atoms with Crippen LogP contribution >= 0.6 is 23.4 Å². The summed E-state index contributed by atoms with van der Waals surface area (Å²) in [6.45, 7) is 4.54. The Morgan fingerprint density at radius 2 is 2.24 bits per heavy atom. The van der Waals surface area contributed by atoms with Crippen LogP contribution in [0.15, 0.2) is 18.2 Å². The van der Waals surface area contributed by atoms with Gasteiger partial charge in [0.1, 0.15) is 5.75 Å². The molecule has 0 heterocycles. The van der Waals surface area contributed by atoms with Crippen molar-refractivity contribution in [2.75, 3.05) is 18.1 Å². The molecule has 0 saturated carbocycles. The van der Waals surface area contributed by atoms with Gasteiger partial charge in [-0.3, -0.25) is 0 Å². The van der Waals surface area contributed by atoms with Gasteiger partial charge in [0.25, 0.3) is 0 Å². The Labute approximate surface area is 112 Å². The molecule has 0 aliphatic heterocycles. The van der Waals surface area contributed by atoms with Crippen LogP contribution in [0.25, 0.3) is 0 Å². The number of thioether (sulfide) groups is 1. The SMILES string of the molecule is CCSCCCOc1ccc(Cl)cc1[C@@H](C)O. The first-order valence-electron chi connectivity index (χ1n) is 5.83. The molecule has 96 valence electrons. The van der Waals surface area contributed by atoms with Crippen LogP contribution < -0.4 is 4.74 Å². The normalized spacial score (nSPS) is 12.5. The van der Waals surface area contributed by atoms with Crippen LogP contribution in [0.3, 0.4) is 0 Å². The first-order chi connectivity index (χ1) is 8.15.